The lowest BCUT2D eigenvalue weighted by Crippen LogP contribution is -2.35. The monoisotopic (exact) mass is 662 g/mol. The lowest BCUT2D eigenvalue weighted by molar-refractivity contribution is -0.169. The van der Waals surface area contributed by atoms with Gasteiger partial charge in [0.05, 0.1) is 6.10 Å². The Bertz CT molecular complexity index is 1280. The number of rotatable bonds is 16. The van der Waals surface area contributed by atoms with Crippen LogP contribution in [0.15, 0.2) is 60.8 Å². The molecule has 2 aliphatic carbocycles. The summed E-state index contributed by atoms with van der Waals surface area (Å²) in [5.41, 5.74) is 2.75. The molecule has 48 heavy (non-hydrogen) atoms. The lowest BCUT2D eigenvalue weighted by Gasteiger charge is -2.26. The Balaban J connectivity index is 1.22. The number of esters is 1. The van der Waals surface area contributed by atoms with Crippen LogP contribution in [-0.2, 0) is 33.2 Å². The summed E-state index contributed by atoms with van der Waals surface area (Å²) in [5.74, 6) is 1.71. The van der Waals surface area contributed by atoms with E-state index in [0.717, 1.165) is 80.9 Å². The van der Waals surface area contributed by atoms with Crippen molar-refractivity contribution < 1.29 is 33.2 Å². The zero-order valence-corrected chi connectivity index (χ0v) is 29.8. The van der Waals surface area contributed by atoms with Gasteiger partial charge in [0.1, 0.15) is 30.5 Å². The van der Waals surface area contributed by atoms with E-state index in [4.69, 9.17) is 34.8 Å². The highest BCUT2D eigenvalue weighted by molar-refractivity contribution is 5.83. The van der Waals surface area contributed by atoms with Crippen LogP contribution in [0.5, 0.6) is 0 Å². The second kappa shape index (κ2) is 16.0. The summed E-state index contributed by atoms with van der Waals surface area (Å²) >= 11 is 0. The Morgan fingerprint density at radius 3 is 2.25 bits per heavy atom. The molecule has 0 aromatic carbocycles. The molecule has 0 aromatic heterocycles. The molecule has 5 fully saturated rings. The third-order valence-corrected chi connectivity index (χ3v) is 10.8. The fraction of sp³-hybridized carbons (Fsp3) is 0.683. The first kappa shape index (κ1) is 36.8. The molecule has 0 bridgehead atoms. The first-order valence-electron chi connectivity index (χ1n) is 18.4. The number of ether oxygens (including phenoxy) is 6. The molecular formula is C41H58O7. The van der Waals surface area contributed by atoms with Gasteiger partial charge in [-0.2, -0.15) is 0 Å². The molecular weight excluding hydrogens is 604 g/mol. The summed E-state index contributed by atoms with van der Waals surface area (Å²) < 4.78 is 38.4. The second-order valence-electron chi connectivity index (χ2n) is 15.0. The quantitative estimate of drug-likeness (QED) is 0.0540. The Hall–Kier alpha value is -2.47. The van der Waals surface area contributed by atoms with Gasteiger partial charge < -0.3 is 28.4 Å². The Labute approximate surface area is 289 Å². The fourth-order valence-corrected chi connectivity index (χ4v) is 8.19. The average Bonchev–Trinajstić information content (AvgIpc) is 3.40. The van der Waals surface area contributed by atoms with E-state index in [9.17, 15) is 4.79 Å². The summed E-state index contributed by atoms with van der Waals surface area (Å²) in [6.45, 7) is 21.1. The molecule has 3 saturated heterocycles. The van der Waals surface area contributed by atoms with E-state index in [1.165, 1.54) is 0 Å². The number of epoxide rings is 1. The van der Waals surface area contributed by atoms with Crippen molar-refractivity contribution in [3.05, 3.63) is 60.8 Å². The van der Waals surface area contributed by atoms with Gasteiger partial charge in [-0.25, -0.2) is 4.79 Å². The molecule has 2 spiro atoms. The van der Waals surface area contributed by atoms with Crippen LogP contribution in [0.25, 0.3) is 0 Å². The van der Waals surface area contributed by atoms with E-state index >= 15 is 0 Å². The highest BCUT2D eigenvalue weighted by Gasteiger charge is 2.55. The zero-order chi connectivity index (χ0) is 34.5. The molecule has 2 saturated carbocycles. The van der Waals surface area contributed by atoms with Crippen LogP contribution in [0.3, 0.4) is 0 Å². The van der Waals surface area contributed by atoms with Gasteiger partial charge in [-0.05, 0) is 75.7 Å². The summed E-state index contributed by atoms with van der Waals surface area (Å²) in [6, 6.07) is 0. The van der Waals surface area contributed by atoms with E-state index in [0.29, 0.717) is 25.2 Å². The Kier molecular flexibility index (Phi) is 12.3. The van der Waals surface area contributed by atoms with Crippen molar-refractivity contribution >= 4 is 5.97 Å². The van der Waals surface area contributed by atoms with Gasteiger partial charge >= 0.3 is 5.97 Å². The predicted molar refractivity (Wildman–Crippen MR) is 188 cm³/mol. The van der Waals surface area contributed by atoms with Crippen molar-refractivity contribution in [1.29, 1.82) is 0 Å². The summed E-state index contributed by atoms with van der Waals surface area (Å²) in [4.78, 5) is 12.9. The molecule has 0 amide bonds. The highest BCUT2D eigenvalue weighted by Crippen LogP contribution is 2.48. The van der Waals surface area contributed by atoms with Crippen LogP contribution < -0.4 is 0 Å². The van der Waals surface area contributed by atoms with Crippen LogP contribution >= 0.6 is 0 Å². The van der Waals surface area contributed by atoms with Gasteiger partial charge in [0.15, 0.2) is 17.7 Å². The number of allylic oxidation sites excluding steroid dienone is 4. The van der Waals surface area contributed by atoms with Gasteiger partial charge in [-0.3, -0.25) is 0 Å². The van der Waals surface area contributed by atoms with Gasteiger partial charge in [0.2, 0.25) is 0 Å². The maximum absolute atomic E-state index is 12.9. The van der Waals surface area contributed by atoms with E-state index in [1.54, 1.807) is 12.2 Å². The molecule has 0 radical (unpaired) electrons. The maximum Gasteiger partial charge on any atom is 0.331 e. The average molecular weight is 663 g/mol. The number of hydrogen-bond donors (Lipinski definition) is 0. The van der Waals surface area contributed by atoms with Crippen molar-refractivity contribution in [1.82, 2.24) is 0 Å². The molecule has 0 unspecified atom stereocenters. The van der Waals surface area contributed by atoms with Gasteiger partial charge in [-0.15, -0.1) is 13.0 Å². The number of carbonyl (C=O) groups is 1. The predicted octanol–water partition coefficient (Wildman–Crippen LogP) is 8.45. The second-order valence-corrected chi connectivity index (χ2v) is 15.0. The van der Waals surface area contributed by atoms with Crippen molar-refractivity contribution in [3.8, 4) is 12.3 Å². The summed E-state index contributed by atoms with van der Waals surface area (Å²) in [5, 5.41) is 0. The molecule has 9 atom stereocenters. The molecule has 3 heterocycles. The van der Waals surface area contributed by atoms with Crippen LogP contribution in [0.4, 0.5) is 0 Å². The standard InChI is InChI=1S/C41H58O7/c1-9-17-27(4)26-34(42)43-36(39-35(44-39)29(6)18-10-2)30(7)25-28(5)19-16-20-33-38(48-41(46-33)23-14-15-24-41)31(8)37-32(11-3)45-40(47-37)21-12-13-22-40/h3,9,16,20,26,29-30,32-33,35-39H,1,5,8,10,12-15,17-19,21-25H2,2,4,6-7H3/b20-16+,27-26+/t29-,30-,32-,33-,35-,36+,37-,38-,39+/m1/s1. The molecule has 3 aliphatic heterocycles. The van der Waals surface area contributed by atoms with Crippen LogP contribution in [0.2, 0.25) is 0 Å². The molecule has 7 heteroatoms. The minimum absolute atomic E-state index is 0.0373. The fourth-order valence-electron chi connectivity index (χ4n) is 8.19. The summed E-state index contributed by atoms with van der Waals surface area (Å²) in [6.07, 6.45) is 23.4. The third kappa shape index (κ3) is 8.63. The van der Waals surface area contributed by atoms with Gasteiger partial charge in [0.25, 0.3) is 0 Å². The third-order valence-electron chi connectivity index (χ3n) is 10.8. The van der Waals surface area contributed by atoms with Crippen LogP contribution in [-0.4, -0.2) is 60.3 Å². The van der Waals surface area contributed by atoms with E-state index in [-0.39, 0.29) is 42.4 Å². The Morgan fingerprint density at radius 2 is 1.62 bits per heavy atom. The van der Waals surface area contributed by atoms with Gasteiger partial charge in [0, 0.05) is 31.8 Å². The smallest absolute Gasteiger partial charge is 0.331 e. The summed E-state index contributed by atoms with van der Waals surface area (Å²) in [7, 11) is 0. The molecule has 5 rings (SSSR count). The van der Waals surface area contributed by atoms with E-state index in [1.807, 2.05) is 6.92 Å². The maximum atomic E-state index is 12.9. The topological polar surface area (TPSA) is 75.8 Å². The minimum atomic E-state index is -0.610. The molecule has 0 N–H and O–H groups in total. The zero-order valence-electron chi connectivity index (χ0n) is 29.8. The first-order valence-corrected chi connectivity index (χ1v) is 18.4. The number of carbonyl (C=O) groups excluding carboxylic acids is 1. The molecule has 0 aromatic rings. The molecule has 5 aliphatic rings. The molecule has 7 nitrogen and oxygen atoms in total. The SMILES string of the molecule is C#C[C@H]1OC2(CCCC2)O[C@@H]1C(=C)[C@H]1OC2(CCCC2)O[C@@H]1/C=C/CC(=C)C[C@@H](C)[C@H](OC(=O)/C=C(\C)CC=C)[C@H]1O[C@@H]1[C@H](C)CCC. The Morgan fingerprint density at radius 1 is 0.979 bits per heavy atom. The minimum Gasteiger partial charge on any atom is -0.456 e. The number of terminal acetylenes is 1. The van der Waals surface area contributed by atoms with Crippen molar-refractivity contribution in [2.45, 2.75) is 165 Å². The van der Waals surface area contributed by atoms with Crippen LogP contribution in [0.1, 0.15) is 111 Å². The molecule has 264 valence electrons. The van der Waals surface area contributed by atoms with Crippen molar-refractivity contribution in [2.75, 3.05) is 0 Å². The highest BCUT2D eigenvalue weighted by atomic mass is 16.8. The largest absolute Gasteiger partial charge is 0.456 e. The normalized spacial score (nSPS) is 32.4. The first-order chi connectivity index (χ1) is 23.0. The van der Waals surface area contributed by atoms with Gasteiger partial charge in [-0.1, -0.05) is 75.6 Å². The van der Waals surface area contributed by atoms with E-state index < -0.39 is 23.8 Å². The van der Waals surface area contributed by atoms with Crippen LogP contribution in [0, 0.1) is 24.2 Å². The number of hydrogen-bond acceptors (Lipinski definition) is 7. The van der Waals surface area contributed by atoms with Crippen molar-refractivity contribution in [3.63, 3.8) is 0 Å². The van der Waals surface area contributed by atoms with Crippen molar-refractivity contribution in [2.24, 2.45) is 11.8 Å². The van der Waals surface area contributed by atoms with E-state index in [2.05, 4.69) is 58.6 Å². The lowest BCUT2D eigenvalue weighted by atomic mass is 9.89.